The van der Waals surface area contributed by atoms with Crippen LogP contribution in [0.4, 0.5) is 5.82 Å². The Kier molecular flexibility index (Phi) is 3.48. The van der Waals surface area contributed by atoms with Gasteiger partial charge in [0.15, 0.2) is 5.65 Å². The van der Waals surface area contributed by atoms with Crippen LogP contribution in [0.15, 0.2) is 12.5 Å². The summed E-state index contributed by atoms with van der Waals surface area (Å²) >= 11 is 0. The minimum Gasteiger partial charge on any atom is -0.369 e. The zero-order valence-corrected chi connectivity index (χ0v) is 13.6. The molecule has 0 spiro atoms. The van der Waals surface area contributed by atoms with Gasteiger partial charge in [-0.1, -0.05) is 0 Å². The molecule has 0 fully saturated rings. The Morgan fingerprint density at radius 3 is 3.09 bits per heavy atom. The van der Waals surface area contributed by atoms with E-state index in [1.807, 2.05) is 13.2 Å². The SMILES string of the molecule is Cc1nc2n(c1CCNc1ncnc3c1cnn3C)CCCC2. The summed E-state index contributed by atoms with van der Waals surface area (Å²) in [7, 11) is 1.89. The van der Waals surface area contributed by atoms with Crippen molar-refractivity contribution in [3.8, 4) is 0 Å². The molecule has 0 aromatic carbocycles. The lowest BCUT2D eigenvalue weighted by molar-refractivity contribution is 0.508. The van der Waals surface area contributed by atoms with Crippen LogP contribution in [0, 0.1) is 6.92 Å². The summed E-state index contributed by atoms with van der Waals surface area (Å²) in [6, 6.07) is 0. The summed E-state index contributed by atoms with van der Waals surface area (Å²) in [6.07, 6.45) is 7.96. The number of rotatable bonds is 4. The van der Waals surface area contributed by atoms with Crippen molar-refractivity contribution < 1.29 is 0 Å². The number of aryl methyl sites for hydroxylation is 3. The maximum Gasteiger partial charge on any atom is 0.163 e. The lowest BCUT2D eigenvalue weighted by Crippen LogP contribution is -2.16. The largest absolute Gasteiger partial charge is 0.369 e. The summed E-state index contributed by atoms with van der Waals surface area (Å²) in [5, 5.41) is 8.63. The van der Waals surface area contributed by atoms with Gasteiger partial charge in [0.2, 0.25) is 0 Å². The summed E-state index contributed by atoms with van der Waals surface area (Å²) in [4.78, 5) is 13.3. The van der Waals surface area contributed by atoms with Crippen molar-refractivity contribution in [3.63, 3.8) is 0 Å². The first-order chi connectivity index (χ1) is 11.2. The van der Waals surface area contributed by atoms with Crippen LogP contribution < -0.4 is 5.32 Å². The Morgan fingerprint density at radius 1 is 1.26 bits per heavy atom. The molecule has 0 amide bonds. The molecule has 23 heavy (non-hydrogen) atoms. The molecule has 4 rings (SSSR count). The molecule has 3 aromatic heterocycles. The molecule has 0 radical (unpaired) electrons. The lowest BCUT2D eigenvalue weighted by atomic mass is 10.1. The van der Waals surface area contributed by atoms with E-state index in [0.29, 0.717) is 0 Å². The first-order valence-electron chi connectivity index (χ1n) is 8.15. The average molecular weight is 311 g/mol. The average Bonchev–Trinajstić information content (AvgIpc) is 3.09. The predicted molar refractivity (Wildman–Crippen MR) is 88.4 cm³/mol. The minimum atomic E-state index is 0.826. The van der Waals surface area contributed by atoms with Crippen LogP contribution in [-0.4, -0.2) is 35.8 Å². The van der Waals surface area contributed by atoms with Crippen LogP contribution in [0.2, 0.25) is 0 Å². The van der Waals surface area contributed by atoms with Crippen LogP contribution in [0.3, 0.4) is 0 Å². The van der Waals surface area contributed by atoms with Gasteiger partial charge in [0.1, 0.15) is 18.0 Å². The van der Waals surface area contributed by atoms with Gasteiger partial charge < -0.3 is 9.88 Å². The fourth-order valence-corrected chi connectivity index (χ4v) is 3.40. The van der Waals surface area contributed by atoms with Gasteiger partial charge in [-0.3, -0.25) is 4.68 Å². The van der Waals surface area contributed by atoms with E-state index in [-0.39, 0.29) is 0 Å². The van der Waals surface area contributed by atoms with Gasteiger partial charge >= 0.3 is 0 Å². The quantitative estimate of drug-likeness (QED) is 0.796. The number of imidazole rings is 1. The van der Waals surface area contributed by atoms with E-state index in [1.54, 1.807) is 11.0 Å². The highest BCUT2D eigenvalue weighted by atomic mass is 15.3. The zero-order chi connectivity index (χ0) is 15.8. The highest BCUT2D eigenvalue weighted by Crippen LogP contribution is 2.21. The number of anilines is 1. The number of fused-ring (bicyclic) bond motifs is 2. The van der Waals surface area contributed by atoms with Crippen molar-refractivity contribution >= 4 is 16.9 Å². The fraction of sp³-hybridized carbons (Fsp3) is 0.500. The molecule has 0 saturated carbocycles. The molecule has 7 nitrogen and oxygen atoms in total. The van der Waals surface area contributed by atoms with Crippen LogP contribution in [-0.2, 0) is 26.4 Å². The first-order valence-corrected chi connectivity index (χ1v) is 8.15. The van der Waals surface area contributed by atoms with E-state index in [4.69, 9.17) is 4.98 Å². The number of nitrogens with one attached hydrogen (secondary N) is 1. The van der Waals surface area contributed by atoms with Gasteiger partial charge in [0.05, 0.1) is 17.3 Å². The monoisotopic (exact) mass is 311 g/mol. The second-order valence-corrected chi connectivity index (χ2v) is 6.07. The van der Waals surface area contributed by atoms with Crippen molar-refractivity contribution in [2.24, 2.45) is 7.05 Å². The fourth-order valence-electron chi connectivity index (χ4n) is 3.40. The Bertz CT molecular complexity index is 846. The molecule has 3 aromatic rings. The van der Waals surface area contributed by atoms with Crippen LogP contribution >= 0.6 is 0 Å². The summed E-state index contributed by atoms with van der Waals surface area (Å²) in [5.74, 6) is 2.10. The summed E-state index contributed by atoms with van der Waals surface area (Å²) < 4.78 is 4.17. The second kappa shape index (κ2) is 5.64. The van der Waals surface area contributed by atoms with E-state index in [2.05, 4.69) is 31.9 Å². The topological polar surface area (TPSA) is 73.5 Å². The maximum absolute atomic E-state index is 4.73. The number of hydrogen-bond donors (Lipinski definition) is 1. The third-order valence-electron chi connectivity index (χ3n) is 4.57. The van der Waals surface area contributed by atoms with E-state index in [1.165, 1.54) is 24.4 Å². The molecule has 4 heterocycles. The van der Waals surface area contributed by atoms with Gasteiger partial charge in [-0.15, -0.1) is 0 Å². The standard InChI is InChI=1S/C16H21N7/c1-11-13(23-8-4-3-5-14(23)21-11)6-7-17-15-12-9-20-22(2)16(12)19-10-18-15/h9-10H,3-8H2,1-2H3,(H,17,18,19). The summed E-state index contributed by atoms with van der Waals surface area (Å²) in [5.41, 5.74) is 3.36. The summed E-state index contributed by atoms with van der Waals surface area (Å²) in [6.45, 7) is 4.05. The Hall–Kier alpha value is -2.44. The molecular weight excluding hydrogens is 290 g/mol. The molecule has 0 saturated heterocycles. The highest BCUT2D eigenvalue weighted by molar-refractivity contribution is 5.85. The van der Waals surface area contributed by atoms with E-state index in [0.717, 1.165) is 48.5 Å². The molecule has 120 valence electrons. The van der Waals surface area contributed by atoms with Crippen LogP contribution in [0.25, 0.3) is 11.0 Å². The van der Waals surface area contributed by atoms with E-state index in [9.17, 15) is 0 Å². The Morgan fingerprint density at radius 2 is 2.17 bits per heavy atom. The van der Waals surface area contributed by atoms with Gasteiger partial charge in [-0.2, -0.15) is 5.10 Å². The number of aromatic nitrogens is 6. The van der Waals surface area contributed by atoms with Gasteiger partial charge in [-0.05, 0) is 19.8 Å². The van der Waals surface area contributed by atoms with Crippen molar-refractivity contribution in [2.75, 3.05) is 11.9 Å². The predicted octanol–water partition coefficient (Wildman–Crippen LogP) is 1.86. The molecule has 0 bridgehead atoms. The minimum absolute atomic E-state index is 0.826. The third kappa shape index (κ3) is 2.46. The Labute approximate surface area is 134 Å². The number of hydrogen-bond acceptors (Lipinski definition) is 5. The zero-order valence-electron chi connectivity index (χ0n) is 13.6. The molecule has 0 aliphatic carbocycles. The molecule has 1 aliphatic heterocycles. The van der Waals surface area contributed by atoms with Gasteiger partial charge in [0, 0.05) is 38.7 Å². The maximum atomic E-state index is 4.73. The van der Waals surface area contributed by atoms with Gasteiger partial charge in [-0.25, -0.2) is 15.0 Å². The van der Waals surface area contributed by atoms with Crippen molar-refractivity contribution in [1.82, 2.24) is 29.3 Å². The van der Waals surface area contributed by atoms with Crippen molar-refractivity contribution in [3.05, 3.63) is 29.7 Å². The molecule has 1 aliphatic rings. The first kappa shape index (κ1) is 14.2. The second-order valence-electron chi connectivity index (χ2n) is 6.07. The molecule has 0 atom stereocenters. The highest BCUT2D eigenvalue weighted by Gasteiger charge is 2.17. The smallest absolute Gasteiger partial charge is 0.163 e. The van der Waals surface area contributed by atoms with E-state index < -0.39 is 0 Å². The number of nitrogens with zero attached hydrogens (tertiary/aromatic N) is 6. The van der Waals surface area contributed by atoms with Gasteiger partial charge in [0.25, 0.3) is 0 Å². The van der Waals surface area contributed by atoms with E-state index >= 15 is 0 Å². The molecular formula is C16H21N7. The lowest BCUT2D eigenvalue weighted by Gasteiger charge is -2.16. The molecule has 1 N–H and O–H groups in total. The third-order valence-corrected chi connectivity index (χ3v) is 4.57. The van der Waals surface area contributed by atoms with Crippen LogP contribution in [0.5, 0.6) is 0 Å². The van der Waals surface area contributed by atoms with Crippen LogP contribution in [0.1, 0.15) is 30.1 Å². The molecule has 0 unspecified atom stereocenters. The molecule has 7 heteroatoms. The van der Waals surface area contributed by atoms with Crippen molar-refractivity contribution in [1.29, 1.82) is 0 Å². The normalized spacial score (nSPS) is 14.2. The Balaban J connectivity index is 1.51. The van der Waals surface area contributed by atoms with Crippen molar-refractivity contribution in [2.45, 2.75) is 39.2 Å².